The maximum Gasteiger partial charge on any atom is 0.195 e. The third-order valence-electron chi connectivity index (χ3n) is 1.90. The van der Waals surface area contributed by atoms with Gasteiger partial charge in [-0.05, 0) is 30.5 Å². The molecule has 0 atom stereocenters. The Labute approximate surface area is 85.1 Å². The molecule has 1 rings (SSSR count). The Balaban J connectivity index is 3.06. The van der Waals surface area contributed by atoms with Crippen molar-refractivity contribution in [2.45, 2.75) is 25.3 Å². The van der Waals surface area contributed by atoms with Crippen LogP contribution in [0.1, 0.15) is 25.8 Å². The maximum atomic E-state index is 11.5. The molecule has 0 unspecified atom stereocenters. The van der Waals surface area contributed by atoms with E-state index in [1.165, 1.54) is 6.20 Å². The van der Waals surface area contributed by atoms with E-state index in [1.807, 2.05) is 13.3 Å². The summed E-state index contributed by atoms with van der Waals surface area (Å²) in [7, 11) is -3.17. The van der Waals surface area contributed by atoms with Crippen molar-refractivity contribution in [2.24, 2.45) is 0 Å². The molecule has 3 nitrogen and oxygen atoms in total. The average molecular weight is 212 g/mol. The van der Waals surface area contributed by atoms with Gasteiger partial charge in [0.1, 0.15) is 0 Å². The Morgan fingerprint density at radius 1 is 1.43 bits per heavy atom. The molecular weight excluding hydrogens is 198 g/mol. The van der Waals surface area contributed by atoms with Gasteiger partial charge in [-0.3, -0.25) is 0 Å². The molecule has 0 spiro atoms. The molecule has 0 aliphatic carbocycles. The molecule has 0 amide bonds. The lowest BCUT2D eigenvalue weighted by molar-refractivity contribution is 0.593. The first-order valence-electron chi connectivity index (χ1n) is 4.62. The third kappa shape index (κ3) is 2.54. The van der Waals surface area contributed by atoms with Crippen molar-refractivity contribution < 1.29 is 8.42 Å². The van der Waals surface area contributed by atoms with Crippen LogP contribution < -0.4 is 0 Å². The smallest absolute Gasteiger partial charge is 0.195 e. The molecule has 1 aromatic heterocycles. The van der Waals surface area contributed by atoms with Gasteiger partial charge in [0.25, 0.3) is 0 Å². The van der Waals surface area contributed by atoms with E-state index in [9.17, 15) is 8.42 Å². The zero-order chi connectivity index (χ0) is 10.6. The quantitative estimate of drug-likeness (QED) is 0.765. The molecule has 0 aliphatic rings. The Bertz CT molecular complexity index is 398. The SMILES string of the molecule is CC[CH]c1ccnc(S(=O)(=O)CC)c1. The zero-order valence-electron chi connectivity index (χ0n) is 8.40. The lowest BCUT2D eigenvalue weighted by Gasteiger charge is -2.02. The van der Waals surface area contributed by atoms with Crippen LogP contribution in [-0.2, 0) is 9.84 Å². The van der Waals surface area contributed by atoms with Gasteiger partial charge in [0.15, 0.2) is 14.9 Å². The molecule has 0 aromatic carbocycles. The first-order valence-corrected chi connectivity index (χ1v) is 6.27. The molecule has 1 heterocycles. The number of pyridine rings is 1. The molecule has 0 aliphatic heterocycles. The van der Waals surface area contributed by atoms with Crippen LogP contribution >= 0.6 is 0 Å². The third-order valence-corrected chi connectivity index (χ3v) is 3.52. The van der Waals surface area contributed by atoms with Gasteiger partial charge in [-0.2, -0.15) is 0 Å². The van der Waals surface area contributed by atoms with E-state index in [0.29, 0.717) is 0 Å². The summed E-state index contributed by atoms with van der Waals surface area (Å²) in [6, 6.07) is 3.42. The van der Waals surface area contributed by atoms with Crippen LogP contribution in [0.3, 0.4) is 0 Å². The van der Waals surface area contributed by atoms with Crippen molar-refractivity contribution in [1.82, 2.24) is 4.98 Å². The molecule has 77 valence electrons. The topological polar surface area (TPSA) is 47.0 Å². The van der Waals surface area contributed by atoms with Crippen LogP contribution in [0.25, 0.3) is 0 Å². The number of nitrogens with zero attached hydrogens (tertiary/aromatic N) is 1. The summed E-state index contributed by atoms with van der Waals surface area (Å²) >= 11 is 0. The predicted octanol–water partition coefficient (Wildman–Crippen LogP) is 1.84. The Morgan fingerprint density at radius 3 is 2.71 bits per heavy atom. The highest BCUT2D eigenvalue weighted by Crippen LogP contribution is 2.12. The standard InChI is InChI=1S/C10H14NO2S/c1-3-5-9-6-7-11-10(8-9)14(12,13)4-2/h5-8H,3-4H2,1-2H3. The van der Waals surface area contributed by atoms with Gasteiger partial charge in [0.05, 0.1) is 5.75 Å². The highest BCUT2D eigenvalue weighted by Gasteiger charge is 2.12. The largest absolute Gasteiger partial charge is 0.245 e. The summed E-state index contributed by atoms with van der Waals surface area (Å²) in [5.74, 6) is 0.0928. The number of aromatic nitrogens is 1. The van der Waals surface area contributed by atoms with Crippen LogP contribution in [-0.4, -0.2) is 19.2 Å². The molecule has 0 N–H and O–H groups in total. The first-order chi connectivity index (χ1) is 6.60. The minimum absolute atomic E-state index is 0.0928. The molecule has 0 saturated heterocycles. The molecule has 4 heteroatoms. The minimum Gasteiger partial charge on any atom is -0.245 e. The van der Waals surface area contributed by atoms with Crippen LogP contribution in [0.15, 0.2) is 23.4 Å². The van der Waals surface area contributed by atoms with E-state index in [4.69, 9.17) is 0 Å². The number of rotatable bonds is 4. The van der Waals surface area contributed by atoms with Crippen LogP contribution in [0.2, 0.25) is 0 Å². The molecule has 0 bridgehead atoms. The fourth-order valence-corrected chi connectivity index (χ4v) is 1.94. The van der Waals surface area contributed by atoms with Gasteiger partial charge >= 0.3 is 0 Å². The predicted molar refractivity (Wildman–Crippen MR) is 55.7 cm³/mol. The van der Waals surface area contributed by atoms with Gasteiger partial charge in [-0.1, -0.05) is 13.8 Å². The summed E-state index contributed by atoms with van der Waals surface area (Å²) in [5.41, 5.74) is 0.912. The van der Waals surface area contributed by atoms with Crippen molar-refractivity contribution in [2.75, 3.05) is 5.75 Å². The van der Waals surface area contributed by atoms with Crippen LogP contribution in [0.4, 0.5) is 0 Å². The molecule has 1 aromatic rings. The van der Waals surface area contributed by atoms with Crippen LogP contribution in [0, 0.1) is 6.42 Å². The second-order valence-electron chi connectivity index (χ2n) is 2.94. The van der Waals surface area contributed by atoms with Crippen molar-refractivity contribution in [3.63, 3.8) is 0 Å². The fraction of sp³-hybridized carbons (Fsp3) is 0.400. The van der Waals surface area contributed by atoms with Gasteiger partial charge in [-0.25, -0.2) is 13.4 Å². The maximum absolute atomic E-state index is 11.5. The van der Waals surface area contributed by atoms with Gasteiger partial charge < -0.3 is 0 Å². The molecule has 14 heavy (non-hydrogen) atoms. The monoisotopic (exact) mass is 212 g/mol. The second kappa shape index (κ2) is 4.55. The van der Waals surface area contributed by atoms with Crippen molar-refractivity contribution in [3.05, 3.63) is 30.3 Å². The molecule has 1 radical (unpaired) electrons. The molecule has 0 fully saturated rings. The molecular formula is C10H14NO2S. The average Bonchev–Trinajstić information content (AvgIpc) is 2.19. The van der Waals surface area contributed by atoms with Gasteiger partial charge in [0.2, 0.25) is 0 Å². The Kier molecular flexibility index (Phi) is 3.63. The number of hydrogen-bond donors (Lipinski definition) is 0. The Morgan fingerprint density at radius 2 is 2.14 bits per heavy atom. The lowest BCUT2D eigenvalue weighted by Crippen LogP contribution is -2.06. The van der Waals surface area contributed by atoms with E-state index in [-0.39, 0.29) is 10.8 Å². The van der Waals surface area contributed by atoms with Crippen molar-refractivity contribution in [1.29, 1.82) is 0 Å². The Hall–Kier alpha value is -0.900. The lowest BCUT2D eigenvalue weighted by atomic mass is 10.2. The van der Waals surface area contributed by atoms with Crippen LogP contribution in [0.5, 0.6) is 0 Å². The summed E-state index contributed by atoms with van der Waals surface area (Å²) in [6.45, 7) is 3.63. The van der Waals surface area contributed by atoms with E-state index < -0.39 is 9.84 Å². The summed E-state index contributed by atoms with van der Waals surface area (Å²) in [6.07, 6.45) is 4.38. The highest BCUT2D eigenvalue weighted by molar-refractivity contribution is 7.91. The number of sulfone groups is 1. The van der Waals surface area contributed by atoms with E-state index in [0.717, 1.165) is 12.0 Å². The second-order valence-corrected chi connectivity index (χ2v) is 5.17. The normalized spacial score (nSPS) is 11.6. The van der Waals surface area contributed by atoms with Gasteiger partial charge in [-0.15, -0.1) is 0 Å². The summed E-state index contributed by atoms with van der Waals surface area (Å²) < 4.78 is 23.0. The fourth-order valence-electron chi connectivity index (χ4n) is 1.11. The number of hydrogen-bond acceptors (Lipinski definition) is 3. The summed E-state index contributed by atoms with van der Waals surface area (Å²) in [5, 5.41) is 0.169. The van der Waals surface area contributed by atoms with E-state index >= 15 is 0 Å². The van der Waals surface area contributed by atoms with Crippen molar-refractivity contribution >= 4 is 9.84 Å². The zero-order valence-corrected chi connectivity index (χ0v) is 9.21. The first kappa shape index (κ1) is 11.2. The van der Waals surface area contributed by atoms with E-state index in [2.05, 4.69) is 4.98 Å². The highest BCUT2D eigenvalue weighted by atomic mass is 32.2. The summed E-state index contributed by atoms with van der Waals surface area (Å²) in [4.78, 5) is 3.86. The van der Waals surface area contributed by atoms with E-state index in [1.54, 1.807) is 19.1 Å². The molecule has 0 saturated carbocycles. The van der Waals surface area contributed by atoms with Gasteiger partial charge in [0, 0.05) is 6.20 Å². The minimum atomic E-state index is -3.17. The van der Waals surface area contributed by atoms with Crippen molar-refractivity contribution in [3.8, 4) is 0 Å².